The Morgan fingerprint density at radius 3 is 2.89 bits per heavy atom. The third-order valence-electron chi connectivity index (χ3n) is 3.40. The van der Waals surface area contributed by atoms with Crippen molar-refractivity contribution in [3.05, 3.63) is 29.6 Å². The van der Waals surface area contributed by atoms with E-state index in [1.807, 2.05) is 0 Å². The summed E-state index contributed by atoms with van der Waals surface area (Å²) in [7, 11) is 0. The van der Waals surface area contributed by atoms with E-state index in [4.69, 9.17) is 10.5 Å². The fourth-order valence-electron chi connectivity index (χ4n) is 2.42. The molecule has 98 valence electrons. The summed E-state index contributed by atoms with van der Waals surface area (Å²) in [6, 6.07) is 3.73. The number of esters is 1. The number of carbonyl (C=O) groups is 1. The molecular weight excluding hydrogens is 233 g/mol. The summed E-state index contributed by atoms with van der Waals surface area (Å²) >= 11 is 0. The van der Waals surface area contributed by atoms with Crippen LogP contribution in [0.4, 0.5) is 10.1 Å². The van der Waals surface area contributed by atoms with Crippen LogP contribution in [-0.2, 0) is 4.74 Å². The highest BCUT2D eigenvalue weighted by atomic mass is 19.1. The third kappa shape index (κ3) is 3.00. The van der Waals surface area contributed by atoms with Crippen LogP contribution in [-0.4, -0.2) is 12.1 Å². The monoisotopic (exact) mass is 251 g/mol. The van der Waals surface area contributed by atoms with E-state index in [1.54, 1.807) is 0 Å². The Bertz CT molecular complexity index is 447. The first-order valence-electron chi connectivity index (χ1n) is 6.32. The minimum absolute atomic E-state index is 0.0364. The molecule has 0 heterocycles. The van der Waals surface area contributed by atoms with Crippen LogP contribution < -0.4 is 5.73 Å². The number of carbonyl (C=O) groups excluding carboxylic acids is 1. The van der Waals surface area contributed by atoms with Crippen molar-refractivity contribution in [3.8, 4) is 0 Å². The number of benzene rings is 1. The van der Waals surface area contributed by atoms with Gasteiger partial charge >= 0.3 is 5.97 Å². The predicted octanol–water partition coefficient (Wildman–Crippen LogP) is 3.14. The predicted molar refractivity (Wildman–Crippen MR) is 67.6 cm³/mol. The lowest BCUT2D eigenvalue weighted by Crippen LogP contribution is -2.25. The third-order valence-corrected chi connectivity index (χ3v) is 3.40. The molecule has 1 aliphatic rings. The van der Waals surface area contributed by atoms with Crippen LogP contribution in [0.1, 0.15) is 43.0 Å². The van der Waals surface area contributed by atoms with Gasteiger partial charge in [-0.15, -0.1) is 0 Å². The maximum absolute atomic E-state index is 12.9. The Labute approximate surface area is 106 Å². The molecule has 2 N–H and O–H groups in total. The van der Waals surface area contributed by atoms with Gasteiger partial charge in [0.05, 0.1) is 5.56 Å². The fourth-order valence-corrected chi connectivity index (χ4v) is 2.42. The quantitative estimate of drug-likeness (QED) is 0.649. The SMILES string of the molecule is CC1CCCC(OC(=O)c2ccc(F)cc2N)C1. The molecule has 2 unspecified atom stereocenters. The molecule has 1 fully saturated rings. The van der Waals surface area contributed by atoms with E-state index in [2.05, 4.69) is 6.92 Å². The topological polar surface area (TPSA) is 52.3 Å². The second-order valence-corrected chi connectivity index (χ2v) is 5.03. The minimum atomic E-state index is -0.452. The van der Waals surface area contributed by atoms with E-state index < -0.39 is 11.8 Å². The van der Waals surface area contributed by atoms with Crippen LogP contribution in [0.15, 0.2) is 18.2 Å². The van der Waals surface area contributed by atoms with Crippen LogP contribution in [0, 0.1) is 11.7 Å². The number of halogens is 1. The number of anilines is 1. The summed E-state index contributed by atoms with van der Waals surface area (Å²) < 4.78 is 18.3. The molecule has 1 aromatic carbocycles. The van der Waals surface area contributed by atoms with E-state index in [0.29, 0.717) is 5.92 Å². The second kappa shape index (κ2) is 5.38. The maximum atomic E-state index is 12.9. The summed E-state index contributed by atoms with van der Waals surface area (Å²) in [6.45, 7) is 2.16. The fraction of sp³-hybridized carbons (Fsp3) is 0.500. The van der Waals surface area contributed by atoms with E-state index in [-0.39, 0.29) is 17.4 Å². The van der Waals surface area contributed by atoms with Crippen LogP contribution >= 0.6 is 0 Å². The van der Waals surface area contributed by atoms with E-state index in [0.717, 1.165) is 25.3 Å². The first-order chi connectivity index (χ1) is 8.56. The van der Waals surface area contributed by atoms with E-state index in [9.17, 15) is 9.18 Å². The van der Waals surface area contributed by atoms with Crippen molar-refractivity contribution in [3.63, 3.8) is 0 Å². The van der Waals surface area contributed by atoms with Crippen LogP contribution in [0.3, 0.4) is 0 Å². The Kier molecular flexibility index (Phi) is 3.84. The smallest absolute Gasteiger partial charge is 0.340 e. The Balaban J connectivity index is 2.03. The molecule has 18 heavy (non-hydrogen) atoms. The van der Waals surface area contributed by atoms with Gasteiger partial charge in [0, 0.05) is 5.69 Å². The summed E-state index contributed by atoms with van der Waals surface area (Å²) in [5.41, 5.74) is 5.99. The Hall–Kier alpha value is -1.58. The molecule has 1 aliphatic carbocycles. The van der Waals surface area contributed by atoms with E-state index >= 15 is 0 Å². The highest BCUT2D eigenvalue weighted by Crippen LogP contribution is 2.27. The van der Waals surface area contributed by atoms with Crippen molar-refractivity contribution in [2.75, 3.05) is 5.73 Å². The lowest BCUT2D eigenvalue weighted by atomic mass is 9.89. The standard InChI is InChI=1S/C14H18FNO2/c1-9-3-2-4-11(7-9)18-14(17)12-6-5-10(15)8-13(12)16/h5-6,8-9,11H,2-4,7,16H2,1H3. The summed E-state index contributed by atoms with van der Waals surface area (Å²) in [6.07, 6.45) is 4.03. The Morgan fingerprint density at radius 2 is 2.22 bits per heavy atom. The minimum Gasteiger partial charge on any atom is -0.459 e. The van der Waals surface area contributed by atoms with Gasteiger partial charge in [-0.25, -0.2) is 9.18 Å². The number of nitrogen functional groups attached to an aromatic ring is 1. The van der Waals surface area contributed by atoms with Gasteiger partial charge in [-0.2, -0.15) is 0 Å². The maximum Gasteiger partial charge on any atom is 0.340 e. The second-order valence-electron chi connectivity index (χ2n) is 5.03. The van der Waals surface area contributed by atoms with Gasteiger partial charge in [-0.05, 0) is 43.4 Å². The van der Waals surface area contributed by atoms with Gasteiger partial charge in [-0.3, -0.25) is 0 Å². The van der Waals surface area contributed by atoms with Crippen LogP contribution in [0.2, 0.25) is 0 Å². The molecule has 4 heteroatoms. The number of hydrogen-bond donors (Lipinski definition) is 1. The normalized spacial score (nSPS) is 23.7. The number of rotatable bonds is 2. The largest absolute Gasteiger partial charge is 0.459 e. The molecule has 0 aromatic heterocycles. The molecule has 0 bridgehead atoms. The lowest BCUT2D eigenvalue weighted by molar-refractivity contribution is 0.0156. The van der Waals surface area contributed by atoms with Crippen molar-refractivity contribution in [2.45, 2.75) is 38.7 Å². The molecule has 3 nitrogen and oxygen atoms in total. The molecule has 1 aromatic rings. The molecule has 1 saturated carbocycles. The zero-order chi connectivity index (χ0) is 13.1. The molecule has 2 atom stereocenters. The highest BCUT2D eigenvalue weighted by Gasteiger charge is 2.23. The summed E-state index contributed by atoms with van der Waals surface area (Å²) in [4.78, 5) is 11.9. The zero-order valence-electron chi connectivity index (χ0n) is 10.5. The van der Waals surface area contributed by atoms with Crippen molar-refractivity contribution in [2.24, 2.45) is 5.92 Å². The average molecular weight is 251 g/mol. The van der Waals surface area contributed by atoms with Crippen molar-refractivity contribution in [1.82, 2.24) is 0 Å². The number of ether oxygens (including phenoxy) is 1. The van der Waals surface area contributed by atoms with Crippen molar-refractivity contribution < 1.29 is 13.9 Å². The first kappa shape index (κ1) is 12.9. The Morgan fingerprint density at radius 1 is 1.44 bits per heavy atom. The molecule has 0 aliphatic heterocycles. The van der Waals surface area contributed by atoms with Crippen LogP contribution in [0.5, 0.6) is 0 Å². The average Bonchev–Trinajstić information content (AvgIpc) is 2.28. The van der Waals surface area contributed by atoms with Gasteiger partial charge in [0.2, 0.25) is 0 Å². The van der Waals surface area contributed by atoms with Crippen LogP contribution in [0.25, 0.3) is 0 Å². The van der Waals surface area contributed by atoms with Gasteiger partial charge in [-0.1, -0.05) is 13.3 Å². The molecule has 2 rings (SSSR count). The zero-order valence-corrected chi connectivity index (χ0v) is 10.5. The molecular formula is C14H18FNO2. The van der Waals surface area contributed by atoms with Gasteiger partial charge in [0.25, 0.3) is 0 Å². The highest BCUT2D eigenvalue weighted by molar-refractivity contribution is 5.95. The van der Waals surface area contributed by atoms with Gasteiger partial charge < -0.3 is 10.5 Å². The lowest BCUT2D eigenvalue weighted by Gasteiger charge is -2.26. The van der Waals surface area contributed by atoms with Crippen molar-refractivity contribution in [1.29, 1.82) is 0 Å². The number of hydrogen-bond acceptors (Lipinski definition) is 3. The molecule has 0 saturated heterocycles. The van der Waals surface area contributed by atoms with Gasteiger partial charge in [0.1, 0.15) is 11.9 Å². The van der Waals surface area contributed by atoms with Gasteiger partial charge in [0.15, 0.2) is 0 Å². The molecule has 0 amide bonds. The molecule has 0 spiro atoms. The summed E-state index contributed by atoms with van der Waals surface area (Å²) in [5.74, 6) is -0.316. The number of nitrogens with two attached hydrogens (primary N) is 1. The molecule has 0 radical (unpaired) electrons. The first-order valence-corrected chi connectivity index (χ1v) is 6.32. The van der Waals surface area contributed by atoms with Crippen molar-refractivity contribution >= 4 is 11.7 Å². The van der Waals surface area contributed by atoms with E-state index in [1.165, 1.54) is 18.6 Å². The summed E-state index contributed by atoms with van der Waals surface area (Å²) in [5, 5.41) is 0.